The molecule has 8 aromatic rings. The largest absolute Gasteiger partial charge is 0.507 e. The van der Waals surface area contributed by atoms with Gasteiger partial charge in [-0.1, -0.05) is 184 Å². The molecule has 0 radical (unpaired) electrons. The van der Waals surface area contributed by atoms with E-state index in [1.165, 1.54) is 22.9 Å². The Hall–Kier alpha value is -5.57. The number of benzene rings is 6. The van der Waals surface area contributed by atoms with Crippen LogP contribution in [0.3, 0.4) is 0 Å². The fourth-order valence-corrected chi connectivity index (χ4v) is 7.70. The zero-order valence-electron chi connectivity index (χ0n) is 61.0. The van der Waals surface area contributed by atoms with Crippen LogP contribution in [0.25, 0.3) is 72.7 Å². The van der Waals surface area contributed by atoms with E-state index in [1.54, 1.807) is 48.5 Å². The number of para-hydroxylation sites is 1. The van der Waals surface area contributed by atoms with Crippen LogP contribution in [-0.2, 0) is 42.7 Å². The first kappa shape index (κ1) is 24.1. The molecule has 0 unspecified atom stereocenters. The van der Waals surface area contributed by atoms with Crippen LogP contribution >= 0.6 is 0 Å². The van der Waals surface area contributed by atoms with Crippen LogP contribution in [-0.4, -0.2) is 19.6 Å². The second-order valence-corrected chi connectivity index (χ2v) is 17.8. The summed E-state index contributed by atoms with van der Waals surface area (Å²) in [6.07, 6.45) is 1.36. The molecule has 2 aromatic heterocycles. The summed E-state index contributed by atoms with van der Waals surface area (Å²) in [5.41, 5.74) is -9.66. The van der Waals surface area contributed by atoms with Gasteiger partial charge in [0.15, 0.2) is 0 Å². The molecule has 8 rings (SSSR count). The molecule has 64 heavy (non-hydrogen) atoms. The maximum Gasteiger partial charge on any atom is 0.148 e. The molecule has 6 aromatic carbocycles. The van der Waals surface area contributed by atoms with Crippen LogP contribution in [0.1, 0.15) is 145 Å². The van der Waals surface area contributed by atoms with Gasteiger partial charge in [0, 0.05) is 73.0 Å². The third-order valence-corrected chi connectivity index (χ3v) is 11.0. The summed E-state index contributed by atoms with van der Waals surface area (Å²) in [5.74, 6) is -1.94. The molecule has 0 aliphatic carbocycles. The molecule has 0 atom stereocenters. The van der Waals surface area contributed by atoms with Gasteiger partial charge in [-0.25, -0.2) is 4.98 Å². The average Bonchev–Trinajstić information content (AvgIpc) is 1.05. The normalized spacial score (nSPS) is 19.5. The number of aromatic hydroxyl groups is 1. The molecule has 330 valence electrons. The predicted molar refractivity (Wildman–Crippen MR) is 266 cm³/mol. The summed E-state index contributed by atoms with van der Waals surface area (Å²) < 4.78 is 218. The number of fused-ring (bicyclic) bond motifs is 1. The molecule has 0 spiro atoms. The number of imidazole rings is 1. The number of phenolic OH excluding ortho intramolecular Hbond substituents is 1. The van der Waals surface area contributed by atoms with Crippen LogP contribution in [0.5, 0.6) is 5.75 Å². The predicted octanol–water partition coefficient (Wildman–Crippen LogP) is 15.8. The molecule has 0 aliphatic heterocycles. The second-order valence-electron chi connectivity index (χ2n) is 17.8. The maximum absolute atomic E-state index is 13.0. The van der Waals surface area contributed by atoms with Crippen LogP contribution in [0.2, 0.25) is 0 Å². The zero-order chi connectivity index (χ0) is 66.2. The first-order valence-electron chi connectivity index (χ1n) is 32.7. The molecule has 2 heterocycles. The molecule has 0 aliphatic rings. The van der Waals surface area contributed by atoms with Gasteiger partial charge in [0.25, 0.3) is 0 Å². The van der Waals surface area contributed by atoms with Crippen molar-refractivity contribution in [2.45, 2.75) is 111 Å². The molecule has 5 heteroatoms. The van der Waals surface area contributed by atoms with E-state index in [4.69, 9.17) is 39.3 Å². The average molecular weight is 1050 g/mol. The van der Waals surface area contributed by atoms with Crippen LogP contribution in [0.4, 0.5) is 0 Å². The zero-order valence-corrected chi connectivity index (χ0v) is 38.3. The van der Waals surface area contributed by atoms with Gasteiger partial charge < -0.3 is 5.11 Å². The molecule has 0 bridgehead atoms. The minimum atomic E-state index is -4.20. The van der Waals surface area contributed by atoms with E-state index in [0.717, 1.165) is 11.1 Å². The Labute approximate surface area is 431 Å². The van der Waals surface area contributed by atoms with E-state index >= 15 is 0 Å². The number of hydrogen-bond acceptors (Lipinski definition) is 3. The van der Waals surface area contributed by atoms with Gasteiger partial charge in [-0.2, -0.15) is 0 Å². The number of nitrogens with zero attached hydrogens (tertiary/aromatic N) is 3. The van der Waals surface area contributed by atoms with Gasteiger partial charge in [0.1, 0.15) is 11.6 Å². The molecular formula is C59H62N3OPt-. The van der Waals surface area contributed by atoms with E-state index in [1.807, 2.05) is 71.9 Å². The van der Waals surface area contributed by atoms with Gasteiger partial charge in [-0.3, -0.25) is 9.55 Å². The topological polar surface area (TPSA) is 50.9 Å². The molecule has 1 N–H and O–H groups in total. The smallest absolute Gasteiger partial charge is 0.148 e. The number of aromatic nitrogens is 3. The number of phenols is 1. The summed E-state index contributed by atoms with van der Waals surface area (Å²) in [7, 11) is 0. The van der Waals surface area contributed by atoms with Crippen molar-refractivity contribution in [2.75, 3.05) is 0 Å². The fourth-order valence-electron chi connectivity index (χ4n) is 7.70. The molecule has 0 fully saturated rings. The van der Waals surface area contributed by atoms with Gasteiger partial charge in [-0.05, 0) is 92.2 Å². The van der Waals surface area contributed by atoms with Crippen molar-refractivity contribution in [1.82, 2.24) is 14.5 Å². The van der Waals surface area contributed by atoms with E-state index < -0.39 is 128 Å². The fraction of sp³-hybridized carbons (Fsp3) is 0.288. The van der Waals surface area contributed by atoms with Crippen LogP contribution < -0.4 is 0 Å². The van der Waals surface area contributed by atoms with Crippen molar-refractivity contribution < 1.29 is 60.4 Å². The summed E-state index contributed by atoms with van der Waals surface area (Å²) in [4.78, 5) is 9.72. The van der Waals surface area contributed by atoms with Gasteiger partial charge in [0.2, 0.25) is 0 Å². The van der Waals surface area contributed by atoms with Gasteiger partial charge in [0.05, 0.1) is 22.1 Å². The standard InChI is InChI=1S/C59H62N3O.Pt/c1-37-22-24-38(25-23-37)40-28-29-60-51(33-40)42-30-41(31-43(32-42)56(2,3)4)47-20-17-21-52-53(47)61-55(48-34-44(57(5,6)7)35-50(54(48)63)59(11,12)13)62(52)45-26-27-46(39-18-15-14-16-19-39)49(36-45)58(8,9)10;/h14-29,31-36,63H,1-13H3;/q-1;/i1D3,5D3,6D3,7D3,11D3,12D3,13D3,22D,23D,24D,25D;. The Kier molecular flexibility index (Phi) is 6.44. The third kappa shape index (κ3) is 9.18. The Morgan fingerprint density at radius 1 is 0.594 bits per heavy atom. The SMILES string of the molecule is [2H]c1c([2H])c(C([2H])([2H])[2H])c([2H])c([2H])c1-c1ccnc(-c2[c-]c(-c3cccc4c3nc(-c3cc(C(C([2H])([2H])[2H])(C([2H])([2H])[2H])C([2H])([2H])[2H])cc(C(C([2H])([2H])[2H])(C([2H])([2H])[2H])C([2H])([2H])[2H])c3O)n4-c3ccc(-c4ccccc4)c(C(C)(C)C)c3)cc(C(C)(C)C)c2)c1.[Pt]. The molecule has 0 saturated heterocycles. The van der Waals surface area contributed by atoms with E-state index in [9.17, 15) is 5.11 Å². The third-order valence-electron chi connectivity index (χ3n) is 11.0. The minimum absolute atomic E-state index is 0. The summed E-state index contributed by atoms with van der Waals surface area (Å²) in [5, 5.41) is 13.0. The van der Waals surface area contributed by atoms with Crippen molar-refractivity contribution >= 4 is 11.0 Å². The van der Waals surface area contributed by atoms with Crippen molar-refractivity contribution in [3.05, 3.63) is 167 Å². The number of pyridine rings is 1. The Morgan fingerprint density at radius 3 is 1.97 bits per heavy atom. The van der Waals surface area contributed by atoms with Gasteiger partial charge in [-0.15, -0.1) is 29.3 Å². The first-order valence-corrected chi connectivity index (χ1v) is 20.2. The van der Waals surface area contributed by atoms with Crippen molar-refractivity contribution in [3.8, 4) is 67.5 Å². The summed E-state index contributed by atoms with van der Waals surface area (Å²) in [6, 6.07) is 27.5. The van der Waals surface area contributed by atoms with E-state index in [0.29, 0.717) is 28.3 Å². The molecule has 0 saturated carbocycles. The minimum Gasteiger partial charge on any atom is -0.507 e. The van der Waals surface area contributed by atoms with Crippen molar-refractivity contribution in [2.24, 2.45) is 0 Å². The van der Waals surface area contributed by atoms with Crippen molar-refractivity contribution in [3.63, 3.8) is 0 Å². The van der Waals surface area contributed by atoms with Crippen LogP contribution in [0.15, 0.2) is 133 Å². The van der Waals surface area contributed by atoms with Gasteiger partial charge >= 0.3 is 0 Å². The molecule has 4 nitrogen and oxygen atoms in total. The van der Waals surface area contributed by atoms with E-state index in [-0.39, 0.29) is 66.2 Å². The Balaban J connectivity index is 0.0000113. The monoisotopic (exact) mass is 1050 g/mol. The summed E-state index contributed by atoms with van der Waals surface area (Å²) >= 11 is 0. The van der Waals surface area contributed by atoms with Crippen molar-refractivity contribution in [1.29, 1.82) is 0 Å². The number of hydrogen-bond donors (Lipinski definition) is 1. The van der Waals surface area contributed by atoms with Crippen LogP contribution in [0, 0.1) is 12.9 Å². The first-order chi connectivity index (χ1) is 40.0. The second kappa shape index (κ2) is 17.1. The molecule has 0 amide bonds. The quantitative estimate of drug-likeness (QED) is 0.169. The maximum atomic E-state index is 13.0. The van der Waals surface area contributed by atoms with E-state index in [2.05, 4.69) is 11.1 Å². The Bertz CT molecular complexity index is 3920. The Morgan fingerprint density at radius 2 is 1.30 bits per heavy atom. The summed E-state index contributed by atoms with van der Waals surface area (Å²) in [6.45, 7) is -16.3. The number of rotatable bonds is 6. The molecular weight excluding hydrogens is 962 g/mol.